The van der Waals surface area contributed by atoms with Crippen molar-refractivity contribution in [2.45, 2.75) is 45.3 Å². The SMILES string of the molecule is Cc1cc(C)n(-c2ccc(F)cc2CN2CCC[C@]3(CC2)CNC(=O)O3)n1. The number of likely N-dealkylation sites (tertiary alicyclic amines) is 1. The number of aryl methyl sites for hydroxylation is 2. The van der Waals surface area contributed by atoms with Crippen LogP contribution in [-0.4, -0.2) is 46.0 Å². The lowest BCUT2D eigenvalue weighted by atomic mass is 9.95. The molecule has 0 radical (unpaired) electrons. The maximum Gasteiger partial charge on any atom is 0.407 e. The first-order chi connectivity index (χ1) is 12.9. The molecule has 1 amide bonds. The fraction of sp³-hybridized carbons (Fsp3) is 0.500. The van der Waals surface area contributed by atoms with Gasteiger partial charge in [-0.25, -0.2) is 13.9 Å². The van der Waals surface area contributed by atoms with Crippen molar-refractivity contribution < 1.29 is 13.9 Å². The minimum Gasteiger partial charge on any atom is -0.441 e. The van der Waals surface area contributed by atoms with E-state index >= 15 is 0 Å². The molecule has 0 bridgehead atoms. The average Bonchev–Trinajstić information content (AvgIpc) is 3.07. The number of alkyl carbamates (subject to hydrolysis) is 1. The Kier molecular flexibility index (Phi) is 4.63. The summed E-state index contributed by atoms with van der Waals surface area (Å²) in [4.78, 5) is 13.8. The van der Waals surface area contributed by atoms with Crippen LogP contribution in [0.15, 0.2) is 24.3 Å². The third kappa shape index (κ3) is 3.69. The molecule has 6 nitrogen and oxygen atoms in total. The van der Waals surface area contributed by atoms with Crippen LogP contribution < -0.4 is 5.32 Å². The van der Waals surface area contributed by atoms with E-state index in [1.54, 1.807) is 12.1 Å². The standard InChI is InChI=1S/C20H25FN4O2/c1-14-10-15(2)25(23-14)18-5-4-17(21)11-16(18)12-24-8-3-6-20(7-9-24)13-22-19(26)27-20/h4-5,10-11H,3,6-9,12-13H2,1-2H3,(H,22,26)/t20-/m0/s1. The van der Waals surface area contributed by atoms with Gasteiger partial charge in [0.05, 0.1) is 17.9 Å². The molecule has 0 aliphatic carbocycles. The normalized spacial score (nSPS) is 23.3. The number of halogens is 1. The first-order valence-corrected chi connectivity index (χ1v) is 9.45. The summed E-state index contributed by atoms with van der Waals surface area (Å²) in [6.45, 7) is 6.89. The molecule has 2 saturated heterocycles. The average molecular weight is 372 g/mol. The van der Waals surface area contributed by atoms with E-state index in [9.17, 15) is 9.18 Å². The van der Waals surface area contributed by atoms with Gasteiger partial charge >= 0.3 is 6.09 Å². The molecule has 2 aliphatic rings. The molecule has 1 N–H and O–H groups in total. The number of carbonyl (C=O) groups excluding carboxylic acids is 1. The molecule has 2 aliphatic heterocycles. The van der Waals surface area contributed by atoms with Crippen LogP contribution in [0.1, 0.15) is 36.2 Å². The summed E-state index contributed by atoms with van der Waals surface area (Å²) in [6.07, 6.45) is 2.27. The Morgan fingerprint density at radius 1 is 1.26 bits per heavy atom. The quantitative estimate of drug-likeness (QED) is 0.900. The molecule has 2 fully saturated rings. The third-order valence-electron chi connectivity index (χ3n) is 5.53. The molecule has 4 rings (SSSR count). The van der Waals surface area contributed by atoms with Gasteiger partial charge in [-0.2, -0.15) is 5.10 Å². The minimum absolute atomic E-state index is 0.240. The van der Waals surface area contributed by atoms with Gasteiger partial charge in [-0.15, -0.1) is 0 Å². The van der Waals surface area contributed by atoms with Crippen LogP contribution in [0.5, 0.6) is 0 Å². The van der Waals surface area contributed by atoms with E-state index in [0.717, 1.165) is 55.0 Å². The molecule has 2 aromatic rings. The molecule has 1 atom stereocenters. The van der Waals surface area contributed by atoms with Gasteiger partial charge in [-0.05, 0) is 63.1 Å². The van der Waals surface area contributed by atoms with Gasteiger partial charge in [0.15, 0.2) is 0 Å². The van der Waals surface area contributed by atoms with Crippen LogP contribution in [-0.2, 0) is 11.3 Å². The lowest BCUT2D eigenvalue weighted by Gasteiger charge is -2.25. The number of amides is 1. The van der Waals surface area contributed by atoms with Crippen molar-refractivity contribution in [3.63, 3.8) is 0 Å². The number of hydrogen-bond donors (Lipinski definition) is 1. The highest BCUT2D eigenvalue weighted by atomic mass is 19.1. The van der Waals surface area contributed by atoms with Gasteiger partial charge in [0.2, 0.25) is 0 Å². The number of nitrogens with zero attached hydrogens (tertiary/aromatic N) is 3. The van der Waals surface area contributed by atoms with Crippen LogP contribution in [0.3, 0.4) is 0 Å². The summed E-state index contributed by atoms with van der Waals surface area (Å²) >= 11 is 0. The highest BCUT2D eigenvalue weighted by molar-refractivity contribution is 5.70. The van der Waals surface area contributed by atoms with Crippen LogP contribution in [0.4, 0.5) is 9.18 Å². The van der Waals surface area contributed by atoms with Crippen molar-refractivity contribution in [2.75, 3.05) is 19.6 Å². The molecule has 0 saturated carbocycles. The van der Waals surface area contributed by atoms with E-state index in [4.69, 9.17) is 4.74 Å². The predicted octanol–water partition coefficient (Wildman–Crippen LogP) is 3.09. The van der Waals surface area contributed by atoms with Crippen molar-refractivity contribution in [3.8, 4) is 5.69 Å². The van der Waals surface area contributed by atoms with E-state index in [2.05, 4.69) is 15.3 Å². The van der Waals surface area contributed by atoms with Gasteiger partial charge in [0.1, 0.15) is 11.4 Å². The first-order valence-electron chi connectivity index (χ1n) is 9.45. The van der Waals surface area contributed by atoms with E-state index in [1.165, 1.54) is 6.07 Å². The molecule has 0 unspecified atom stereocenters. The minimum atomic E-state index is -0.383. The molecule has 1 aromatic carbocycles. The Bertz CT molecular complexity index is 866. The Hall–Kier alpha value is -2.41. The molecular weight excluding hydrogens is 347 g/mol. The fourth-order valence-corrected chi connectivity index (χ4v) is 4.16. The number of nitrogens with one attached hydrogen (secondary N) is 1. The van der Waals surface area contributed by atoms with E-state index < -0.39 is 0 Å². The molecule has 144 valence electrons. The number of hydrogen-bond acceptors (Lipinski definition) is 4. The Balaban J connectivity index is 1.55. The van der Waals surface area contributed by atoms with Crippen molar-refractivity contribution in [2.24, 2.45) is 0 Å². The van der Waals surface area contributed by atoms with Gasteiger partial charge in [-0.1, -0.05) is 0 Å². The number of rotatable bonds is 3. The van der Waals surface area contributed by atoms with Crippen LogP contribution >= 0.6 is 0 Å². The molecule has 1 aromatic heterocycles. The second-order valence-electron chi connectivity index (χ2n) is 7.67. The number of ether oxygens (including phenoxy) is 1. The Morgan fingerprint density at radius 3 is 2.81 bits per heavy atom. The maximum absolute atomic E-state index is 14.0. The van der Waals surface area contributed by atoms with Crippen LogP contribution in [0.2, 0.25) is 0 Å². The zero-order valence-corrected chi connectivity index (χ0v) is 15.8. The fourth-order valence-electron chi connectivity index (χ4n) is 4.16. The largest absolute Gasteiger partial charge is 0.441 e. The van der Waals surface area contributed by atoms with Gasteiger partial charge in [0, 0.05) is 25.2 Å². The zero-order chi connectivity index (χ0) is 19.0. The van der Waals surface area contributed by atoms with Gasteiger partial charge in [-0.3, -0.25) is 4.90 Å². The Labute approximate surface area is 158 Å². The van der Waals surface area contributed by atoms with Crippen molar-refractivity contribution in [3.05, 3.63) is 47.0 Å². The second kappa shape index (κ2) is 6.96. The molecule has 27 heavy (non-hydrogen) atoms. The van der Waals surface area contributed by atoms with Crippen LogP contribution in [0.25, 0.3) is 5.69 Å². The summed E-state index contributed by atoms with van der Waals surface area (Å²) in [5.41, 5.74) is 3.41. The number of benzene rings is 1. The van der Waals surface area contributed by atoms with Gasteiger partial charge < -0.3 is 10.1 Å². The monoisotopic (exact) mass is 372 g/mol. The number of aromatic nitrogens is 2. The summed E-state index contributed by atoms with van der Waals surface area (Å²) < 4.78 is 21.4. The summed E-state index contributed by atoms with van der Waals surface area (Å²) in [6, 6.07) is 6.90. The van der Waals surface area contributed by atoms with Gasteiger partial charge in [0.25, 0.3) is 0 Å². The maximum atomic E-state index is 14.0. The van der Waals surface area contributed by atoms with E-state index in [-0.39, 0.29) is 17.5 Å². The topological polar surface area (TPSA) is 59.4 Å². The lowest BCUT2D eigenvalue weighted by Crippen LogP contribution is -2.34. The highest BCUT2D eigenvalue weighted by Gasteiger charge is 2.41. The van der Waals surface area contributed by atoms with Crippen molar-refractivity contribution in [1.82, 2.24) is 20.0 Å². The lowest BCUT2D eigenvalue weighted by molar-refractivity contribution is 0.0443. The third-order valence-corrected chi connectivity index (χ3v) is 5.53. The van der Waals surface area contributed by atoms with E-state index in [0.29, 0.717) is 13.1 Å². The van der Waals surface area contributed by atoms with E-state index in [1.807, 2.05) is 24.6 Å². The summed E-state index contributed by atoms with van der Waals surface area (Å²) in [5, 5.41) is 7.34. The smallest absolute Gasteiger partial charge is 0.407 e. The second-order valence-corrected chi connectivity index (χ2v) is 7.67. The first kappa shape index (κ1) is 18.0. The summed E-state index contributed by atoms with van der Waals surface area (Å²) in [7, 11) is 0. The molecule has 1 spiro atoms. The van der Waals surface area contributed by atoms with Crippen molar-refractivity contribution in [1.29, 1.82) is 0 Å². The zero-order valence-electron chi connectivity index (χ0n) is 15.8. The highest BCUT2D eigenvalue weighted by Crippen LogP contribution is 2.30. The Morgan fingerprint density at radius 2 is 2.11 bits per heavy atom. The summed E-state index contributed by atoms with van der Waals surface area (Å²) in [5.74, 6) is -0.240. The molecule has 3 heterocycles. The van der Waals surface area contributed by atoms with Crippen LogP contribution in [0, 0.1) is 19.7 Å². The number of carbonyl (C=O) groups is 1. The molecule has 7 heteroatoms. The predicted molar refractivity (Wildman–Crippen MR) is 99.3 cm³/mol. The van der Waals surface area contributed by atoms with Crippen molar-refractivity contribution >= 4 is 6.09 Å². The molecular formula is C20H25FN4O2.